The van der Waals surface area contributed by atoms with Crippen molar-refractivity contribution in [1.82, 2.24) is 5.32 Å². The first kappa shape index (κ1) is 14.2. The van der Waals surface area contributed by atoms with Gasteiger partial charge in [-0.05, 0) is 25.0 Å². The van der Waals surface area contributed by atoms with E-state index < -0.39 is 6.10 Å². The molecule has 4 heteroatoms. The van der Waals surface area contributed by atoms with E-state index in [1.54, 1.807) is 7.11 Å². The third-order valence-corrected chi connectivity index (χ3v) is 3.50. The van der Waals surface area contributed by atoms with Crippen molar-refractivity contribution >= 4 is 0 Å². The highest BCUT2D eigenvalue weighted by Gasteiger charge is 2.16. The van der Waals surface area contributed by atoms with Crippen molar-refractivity contribution in [2.75, 3.05) is 20.3 Å². The standard InChI is InChI=1S/C15H23NO3/c1-18-14-8-4-5-9-15(14)19-11-13(17)10-16-12-6-2-3-7-12/h4-5,8-9,12-13,16-17H,2-3,6-7,10-11H2,1H3/t13-/m0/s1. The molecule has 2 rings (SSSR count). The summed E-state index contributed by atoms with van der Waals surface area (Å²) in [6.45, 7) is 0.861. The van der Waals surface area contributed by atoms with Crippen molar-refractivity contribution in [3.8, 4) is 11.5 Å². The van der Waals surface area contributed by atoms with Crippen LogP contribution in [0.1, 0.15) is 25.7 Å². The Bertz CT molecular complexity index is 377. The predicted molar refractivity (Wildman–Crippen MR) is 74.8 cm³/mol. The molecular formula is C15H23NO3. The third-order valence-electron chi connectivity index (χ3n) is 3.50. The fourth-order valence-electron chi connectivity index (χ4n) is 2.42. The van der Waals surface area contributed by atoms with Crippen molar-refractivity contribution in [3.05, 3.63) is 24.3 Å². The number of para-hydroxylation sites is 2. The topological polar surface area (TPSA) is 50.7 Å². The zero-order chi connectivity index (χ0) is 13.5. The van der Waals surface area contributed by atoms with Crippen LogP contribution in [0.2, 0.25) is 0 Å². The predicted octanol–water partition coefficient (Wildman–Crippen LogP) is 1.97. The van der Waals surface area contributed by atoms with Crippen LogP contribution in [0.4, 0.5) is 0 Å². The molecule has 0 aliphatic heterocycles. The molecule has 1 aliphatic carbocycles. The lowest BCUT2D eigenvalue weighted by atomic mass is 10.2. The summed E-state index contributed by atoms with van der Waals surface area (Å²) in [6.07, 6.45) is 4.54. The molecule has 4 nitrogen and oxygen atoms in total. The zero-order valence-electron chi connectivity index (χ0n) is 11.5. The fourth-order valence-corrected chi connectivity index (χ4v) is 2.42. The molecule has 0 aromatic heterocycles. The molecule has 0 radical (unpaired) electrons. The van der Waals surface area contributed by atoms with Gasteiger partial charge in [0.05, 0.1) is 7.11 Å². The minimum absolute atomic E-state index is 0.278. The van der Waals surface area contributed by atoms with Crippen LogP contribution in [-0.4, -0.2) is 37.5 Å². The Morgan fingerprint density at radius 2 is 1.95 bits per heavy atom. The van der Waals surface area contributed by atoms with Crippen molar-refractivity contribution in [2.24, 2.45) is 0 Å². The fraction of sp³-hybridized carbons (Fsp3) is 0.600. The van der Waals surface area contributed by atoms with Crippen LogP contribution < -0.4 is 14.8 Å². The molecule has 1 atom stereocenters. The Morgan fingerprint density at radius 3 is 2.63 bits per heavy atom. The second-order valence-electron chi connectivity index (χ2n) is 5.01. The molecule has 1 aromatic rings. The van der Waals surface area contributed by atoms with E-state index in [2.05, 4.69) is 5.32 Å². The molecule has 1 saturated carbocycles. The van der Waals surface area contributed by atoms with Gasteiger partial charge in [-0.1, -0.05) is 25.0 Å². The monoisotopic (exact) mass is 265 g/mol. The van der Waals surface area contributed by atoms with E-state index in [4.69, 9.17) is 9.47 Å². The summed E-state index contributed by atoms with van der Waals surface area (Å²) in [6, 6.07) is 8.04. The van der Waals surface area contributed by atoms with Gasteiger partial charge in [-0.2, -0.15) is 0 Å². The lowest BCUT2D eigenvalue weighted by Gasteiger charge is -2.17. The molecule has 1 fully saturated rings. The number of hydrogen-bond donors (Lipinski definition) is 2. The molecule has 2 N–H and O–H groups in total. The number of methoxy groups -OCH3 is 1. The summed E-state index contributed by atoms with van der Waals surface area (Å²) in [5, 5.41) is 13.3. The Balaban J connectivity index is 1.71. The zero-order valence-corrected chi connectivity index (χ0v) is 11.5. The van der Waals surface area contributed by atoms with E-state index in [1.165, 1.54) is 25.7 Å². The van der Waals surface area contributed by atoms with Gasteiger partial charge in [0.25, 0.3) is 0 Å². The Morgan fingerprint density at radius 1 is 1.26 bits per heavy atom. The molecule has 1 aromatic carbocycles. The van der Waals surface area contributed by atoms with Crippen LogP contribution in [0.3, 0.4) is 0 Å². The number of hydrogen-bond acceptors (Lipinski definition) is 4. The highest BCUT2D eigenvalue weighted by atomic mass is 16.5. The first-order valence-corrected chi connectivity index (χ1v) is 6.97. The van der Waals surface area contributed by atoms with Gasteiger partial charge in [0.2, 0.25) is 0 Å². The Labute approximate surface area is 114 Å². The molecule has 1 aliphatic rings. The summed E-state index contributed by atoms with van der Waals surface area (Å²) < 4.78 is 10.8. The summed E-state index contributed by atoms with van der Waals surface area (Å²) in [4.78, 5) is 0. The maximum absolute atomic E-state index is 9.91. The Kier molecular flexibility index (Phi) is 5.48. The molecular weight excluding hydrogens is 242 g/mol. The van der Waals surface area contributed by atoms with E-state index in [0.717, 1.165) is 0 Å². The van der Waals surface area contributed by atoms with Gasteiger partial charge in [0, 0.05) is 12.6 Å². The maximum atomic E-state index is 9.91. The van der Waals surface area contributed by atoms with Crippen LogP contribution in [-0.2, 0) is 0 Å². The SMILES string of the molecule is COc1ccccc1OC[C@@H](O)CNC1CCCC1. The first-order valence-electron chi connectivity index (χ1n) is 6.97. The number of benzene rings is 1. The molecule has 0 unspecified atom stereocenters. The van der Waals surface area contributed by atoms with Gasteiger partial charge < -0.3 is 19.9 Å². The van der Waals surface area contributed by atoms with E-state index in [0.29, 0.717) is 24.1 Å². The number of aliphatic hydroxyl groups excluding tert-OH is 1. The summed E-state index contributed by atoms with van der Waals surface area (Å²) in [5.41, 5.74) is 0. The molecule has 0 spiro atoms. The van der Waals surface area contributed by atoms with Crippen molar-refractivity contribution in [3.63, 3.8) is 0 Å². The smallest absolute Gasteiger partial charge is 0.161 e. The maximum Gasteiger partial charge on any atom is 0.161 e. The van der Waals surface area contributed by atoms with Crippen molar-refractivity contribution in [2.45, 2.75) is 37.8 Å². The summed E-state index contributed by atoms with van der Waals surface area (Å²) >= 11 is 0. The van der Waals surface area contributed by atoms with E-state index in [1.807, 2.05) is 24.3 Å². The van der Waals surface area contributed by atoms with Crippen LogP contribution in [0.15, 0.2) is 24.3 Å². The van der Waals surface area contributed by atoms with Gasteiger partial charge >= 0.3 is 0 Å². The molecule has 0 heterocycles. The number of rotatable bonds is 7. The van der Waals surface area contributed by atoms with Gasteiger partial charge in [-0.25, -0.2) is 0 Å². The van der Waals surface area contributed by atoms with Crippen molar-refractivity contribution in [1.29, 1.82) is 0 Å². The minimum Gasteiger partial charge on any atom is -0.493 e. The first-order chi connectivity index (χ1) is 9.29. The van der Waals surface area contributed by atoms with Crippen LogP contribution >= 0.6 is 0 Å². The van der Waals surface area contributed by atoms with Crippen LogP contribution in [0.5, 0.6) is 11.5 Å². The Hall–Kier alpha value is -1.26. The minimum atomic E-state index is -0.495. The number of ether oxygens (including phenoxy) is 2. The van der Waals surface area contributed by atoms with Gasteiger partial charge in [0.15, 0.2) is 11.5 Å². The highest BCUT2D eigenvalue weighted by molar-refractivity contribution is 5.39. The normalized spacial score (nSPS) is 17.4. The number of aliphatic hydroxyl groups is 1. The number of nitrogens with one attached hydrogen (secondary N) is 1. The second kappa shape index (κ2) is 7.36. The van der Waals surface area contributed by atoms with Crippen molar-refractivity contribution < 1.29 is 14.6 Å². The third kappa shape index (κ3) is 4.40. The largest absolute Gasteiger partial charge is 0.493 e. The quantitative estimate of drug-likeness (QED) is 0.791. The highest BCUT2D eigenvalue weighted by Crippen LogP contribution is 2.25. The van der Waals surface area contributed by atoms with Gasteiger partial charge in [-0.3, -0.25) is 0 Å². The van der Waals surface area contributed by atoms with E-state index >= 15 is 0 Å². The van der Waals surface area contributed by atoms with E-state index in [9.17, 15) is 5.11 Å². The lowest BCUT2D eigenvalue weighted by molar-refractivity contribution is 0.102. The lowest BCUT2D eigenvalue weighted by Crippen LogP contribution is -2.36. The molecule has 106 valence electrons. The molecule has 0 bridgehead atoms. The van der Waals surface area contributed by atoms with Crippen LogP contribution in [0, 0.1) is 0 Å². The van der Waals surface area contributed by atoms with Crippen LogP contribution in [0.25, 0.3) is 0 Å². The van der Waals surface area contributed by atoms with Gasteiger partial charge in [-0.15, -0.1) is 0 Å². The second-order valence-corrected chi connectivity index (χ2v) is 5.01. The molecule has 19 heavy (non-hydrogen) atoms. The molecule has 0 saturated heterocycles. The van der Waals surface area contributed by atoms with E-state index in [-0.39, 0.29) is 6.61 Å². The average molecular weight is 265 g/mol. The average Bonchev–Trinajstić information content (AvgIpc) is 2.96. The molecule has 0 amide bonds. The van der Waals surface area contributed by atoms with Gasteiger partial charge in [0.1, 0.15) is 12.7 Å². The summed E-state index contributed by atoms with van der Waals surface area (Å²) in [5.74, 6) is 1.36. The summed E-state index contributed by atoms with van der Waals surface area (Å²) in [7, 11) is 1.61.